The Labute approximate surface area is 213 Å². The van der Waals surface area contributed by atoms with Crippen molar-refractivity contribution in [3.05, 3.63) is 71.8 Å². The second kappa shape index (κ2) is 10.8. The number of alkyl halides is 3. The maximum absolute atomic E-state index is 13.6. The first-order chi connectivity index (χ1) is 17.2. The highest BCUT2D eigenvalue weighted by Gasteiger charge is 2.49. The number of rotatable bonds is 6. The van der Waals surface area contributed by atoms with Gasteiger partial charge in [0.15, 0.2) is 5.75 Å². The van der Waals surface area contributed by atoms with Crippen molar-refractivity contribution in [2.45, 2.75) is 44.8 Å². The third kappa shape index (κ3) is 7.25. The number of nitrogens with zero attached hydrogens (tertiary/aromatic N) is 2. The van der Waals surface area contributed by atoms with Crippen LogP contribution in [-0.2, 0) is 26.2 Å². The molecule has 12 heteroatoms. The fourth-order valence-corrected chi connectivity index (χ4v) is 3.95. The second-order valence-electron chi connectivity index (χ2n) is 9.23. The summed E-state index contributed by atoms with van der Waals surface area (Å²) in [6, 6.07) is 13.8. The molecule has 0 saturated heterocycles. The van der Waals surface area contributed by atoms with E-state index in [0.29, 0.717) is 11.1 Å². The van der Waals surface area contributed by atoms with Crippen molar-refractivity contribution in [3.63, 3.8) is 0 Å². The number of carbonyl (C=O) groups is 2. The molecule has 0 fully saturated rings. The molecule has 200 valence electrons. The van der Waals surface area contributed by atoms with Crippen LogP contribution in [0, 0.1) is 0 Å². The second-order valence-corrected chi connectivity index (χ2v) is 10.8. The first-order valence-corrected chi connectivity index (χ1v) is 12.7. The van der Waals surface area contributed by atoms with E-state index in [2.05, 4.69) is 4.18 Å². The lowest BCUT2D eigenvalue weighted by Gasteiger charge is -2.31. The lowest BCUT2D eigenvalue weighted by Crippen LogP contribution is -2.41. The molecular formula is C25H27F3N2O6S. The van der Waals surface area contributed by atoms with Gasteiger partial charge in [0.1, 0.15) is 5.60 Å². The average Bonchev–Trinajstić information content (AvgIpc) is 2.81. The van der Waals surface area contributed by atoms with Crippen LogP contribution < -0.4 is 9.08 Å². The third-order valence-electron chi connectivity index (χ3n) is 5.20. The van der Waals surface area contributed by atoms with E-state index in [4.69, 9.17) is 4.74 Å². The third-order valence-corrected chi connectivity index (χ3v) is 6.17. The number of hydrogen-bond acceptors (Lipinski definition) is 6. The van der Waals surface area contributed by atoms with Gasteiger partial charge in [0.05, 0.1) is 12.2 Å². The van der Waals surface area contributed by atoms with Gasteiger partial charge in [0, 0.05) is 18.7 Å². The van der Waals surface area contributed by atoms with E-state index in [-0.39, 0.29) is 31.7 Å². The maximum Gasteiger partial charge on any atom is 0.534 e. The maximum atomic E-state index is 13.6. The highest BCUT2D eigenvalue weighted by Crippen LogP contribution is 2.35. The van der Waals surface area contributed by atoms with Crippen LogP contribution in [0.4, 0.5) is 23.7 Å². The number of anilines is 1. The van der Waals surface area contributed by atoms with Crippen LogP contribution in [-0.4, -0.2) is 49.5 Å². The number of hydrogen-bond donors (Lipinski definition) is 0. The number of carbonyl (C=O) groups excluding carboxylic acids is 2. The SMILES string of the molecule is CC(C)(C)OC(=O)N1CC=C(C(=O)N(Cc2ccccc2)c2ccccc2OS(=O)(=O)C(F)(F)F)CC1. The molecule has 2 aromatic rings. The molecule has 0 saturated carbocycles. The zero-order chi connectivity index (χ0) is 27.4. The van der Waals surface area contributed by atoms with Gasteiger partial charge in [-0.1, -0.05) is 48.5 Å². The van der Waals surface area contributed by atoms with Crippen LogP contribution in [0.3, 0.4) is 0 Å². The molecule has 0 atom stereocenters. The summed E-state index contributed by atoms with van der Waals surface area (Å²) in [5, 5.41) is 0. The zero-order valence-electron chi connectivity index (χ0n) is 20.5. The Balaban J connectivity index is 1.94. The topological polar surface area (TPSA) is 93.2 Å². The summed E-state index contributed by atoms with van der Waals surface area (Å²) >= 11 is 0. The summed E-state index contributed by atoms with van der Waals surface area (Å²) < 4.78 is 72.2. The van der Waals surface area contributed by atoms with Gasteiger partial charge < -0.3 is 18.7 Å². The number of halogens is 3. The molecule has 1 aliphatic heterocycles. The molecule has 0 aromatic heterocycles. The van der Waals surface area contributed by atoms with Gasteiger partial charge in [-0.3, -0.25) is 4.79 Å². The van der Waals surface area contributed by atoms with Gasteiger partial charge in [0.2, 0.25) is 0 Å². The predicted molar refractivity (Wildman–Crippen MR) is 130 cm³/mol. The van der Waals surface area contributed by atoms with E-state index in [1.807, 2.05) is 0 Å². The molecule has 0 N–H and O–H groups in total. The lowest BCUT2D eigenvalue weighted by molar-refractivity contribution is -0.115. The first kappa shape index (κ1) is 28.0. The molecule has 0 bridgehead atoms. The molecule has 0 spiro atoms. The van der Waals surface area contributed by atoms with E-state index >= 15 is 0 Å². The molecule has 2 amide bonds. The van der Waals surface area contributed by atoms with Crippen LogP contribution in [0.15, 0.2) is 66.2 Å². The van der Waals surface area contributed by atoms with Crippen LogP contribution in [0.5, 0.6) is 5.75 Å². The monoisotopic (exact) mass is 540 g/mol. The van der Waals surface area contributed by atoms with E-state index in [1.54, 1.807) is 57.2 Å². The zero-order valence-corrected chi connectivity index (χ0v) is 21.3. The van der Waals surface area contributed by atoms with Crippen molar-refractivity contribution < 1.29 is 40.1 Å². The Kier molecular flexibility index (Phi) is 8.21. The van der Waals surface area contributed by atoms with Crippen molar-refractivity contribution in [1.29, 1.82) is 0 Å². The summed E-state index contributed by atoms with van der Waals surface area (Å²) in [4.78, 5) is 28.6. The summed E-state index contributed by atoms with van der Waals surface area (Å²) in [7, 11) is -5.97. The molecule has 0 unspecified atom stereocenters. The molecule has 8 nitrogen and oxygen atoms in total. The quantitative estimate of drug-likeness (QED) is 0.378. The van der Waals surface area contributed by atoms with Gasteiger partial charge >= 0.3 is 21.7 Å². The van der Waals surface area contributed by atoms with Gasteiger partial charge in [-0.05, 0) is 44.9 Å². The van der Waals surface area contributed by atoms with Crippen molar-refractivity contribution in [2.75, 3.05) is 18.0 Å². The molecule has 1 heterocycles. The van der Waals surface area contributed by atoms with E-state index < -0.39 is 39.0 Å². The molecule has 1 aliphatic rings. The van der Waals surface area contributed by atoms with Crippen molar-refractivity contribution >= 4 is 27.8 Å². The number of amides is 2. The van der Waals surface area contributed by atoms with Crippen LogP contribution in [0.25, 0.3) is 0 Å². The molecule has 37 heavy (non-hydrogen) atoms. The number of benzene rings is 2. The number of ether oxygens (including phenoxy) is 1. The van der Waals surface area contributed by atoms with Gasteiger partial charge in [-0.15, -0.1) is 0 Å². The Morgan fingerprint density at radius 1 is 1.00 bits per heavy atom. The van der Waals surface area contributed by atoms with E-state index in [1.165, 1.54) is 23.1 Å². The number of para-hydroxylation sites is 2. The molecular weight excluding hydrogens is 513 g/mol. The molecule has 0 radical (unpaired) electrons. The molecule has 0 aliphatic carbocycles. The van der Waals surface area contributed by atoms with Gasteiger partial charge in [-0.25, -0.2) is 4.79 Å². The predicted octanol–water partition coefficient (Wildman–Crippen LogP) is 5.02. The van der Waals surface area contributed by atoms with Crippen molar-refractivity contribution in [3.8, 4) is 5.75 Å². The summed E-state index contributed by atoms with van der Waals surface area (Å²) in [5.74, 6) is -1.20. The lowest BCUT2D eigenvalue weighted by atomic mass is 10.1. The van der Waals surface area contributed by atoms with Crippen LogP contribution >= 0.6 is 0 Å². The normalized spacial score (nSPS) is 14.5. The molecule has 2 aromatic carbocycles. The Bertz CT molecular complexity index is 1270. The van der Waals surface area contributed by atoms with Crippen LogP contribution in [0.1, 0.15) is 32.8 Å². The Morgan fingerprint density at radius 2 is 1.62 bits per heavy atom. The minimum absolute atomic E-state index is 0.0702. The Hall–Kier alpha value is -3.54. The van der Waals surface area contributed by atoms with Crippen molar-refractivity contribution in [1.82, 2.24) is 4.90 Å². The van der Waals surface area contributed by atoms with Crippen LogP contribution in [0.2, 0.25) is 0 Å². The minimum atomic E-state index is -5.97. The van der Waals surface area contributed by atoms with Gasteiger partial charge in [0.25, 0.3) is 5.91 Å². The fraction of sp³-hybridized carbons (Fsp3) is 0.360. The van der Waals surface area contributed by atoms with E-state index in [9.17, 15) is 31.2 Å². The van der Waals surface area contributed by atoms with Crippen molar-refractivity contribution in [2.24, 2.45) is 0 Å². The van der Waals surface area contributed by atoms with Gasteiger partial charge in [-0.2, -0.15) is 21.6 Å². The average molecular weight is 541 g/mol. The fourth-order valence-electron chi connectivity index (χ4n) is 3.48. The smallest absolute Gasteiger partial charge is 0.444 e. The molecule has 3 rings (SSSR count). The largest absolute Gasteiger partial charge is 0.534 e. The summed E-state index contributed by atoms with van der Waals surface area (Å²) in [6.45, 7) is 5.42. The summed E-state index contributed by atoms with van der Waals surface area (Å²) in [6.07, 6.45) is 1.17. The highest BCUT2D eigenvalue weighted by atomic mass is 32.2. The van der Waals surface area contributed by atoms with E-state index in [0.717, 1.165) is 11.0 Å². The summed E-state index contributed by atoms with van der Waals surface area (Å²) in [5.41, 5.74) is -5.53. The minimum Gasteiger partial charge on any atom is -0.444 e. The standard InChI is InChI=1S/C25H27F3N2O6S/c1-24(2,3)35-23(32)29-15-13-19(14-16-29)22(31)30(17-18-9-5-4-6-10-18)20-11-7-8-12-21(20)36-37(33,34)25(26,27)28/h4-13H,14-17H2,1-3H3. The Morgan fingerprint density at radius 3 is 2.19 bits per heavy atom. The highest BCUT2D eigenvalue weighted by molar-refractivity contribution is 7.88. The first-order valence-electron chi connectivity index (χ1n) is 11.3.